The number of benzene rings is 2. The summed E-state index contributed by atoms with van der Waals surface area (Å²) in [5.74, 6) is 0.874. The molecule has 0 bridgehead atoms. The van der Waals surface area contributed by atoms with Gasteiger partial charge in [-0.15, -0.1) is 11.3 Å². The van der Waals surface area contributed by atoms with Crippen molar-refractivity contribution in [3.05, 3.63) is 75.8 Å². The Morgan fingerprint density at radius 3 is 2.50 bits per heavy atom. The van der Waals surface area contributed by atoms with Crippen molar-refractivity contribution < 1.29 is 19.6 Å². The van der Waals surface area contributed by atoms with E-state index in [1.54, 1.807) is 24.3 Å². The normalized spacial score (nSPS) is 14.2. The van der Waals surface area contributed by atoms with Gasteiger partial charge in [-0.1, -0.05) is 47.6 Å². The van der Waals surface area contributed by atoms with Gasteiger partial charge in [0.15, 0.2) is 6.04 Å². The van der Waals surface area contributed by atoms with Crippen LogP contribution in [0.15, 0.2) is 58.9 Å². The van der Waals surface area contributed by atoms with E-state index in [9.17, 15) is 15.3 Å². The number of hydrogen-bond donors (Lipinski definition) is 2. The minimum atomic E-state index is -0.208. The number of thioether (sulfide) groups is 1. The van der Waals surface area contributed by atoms with Gasteiger partial charge < -0.3 is 20.5 Å². The number of thiazole rings is 1. The molecule has 0 aliphatic carbocycles. The molecular weight excluding hydrogens is 592 g/mol. The van der Waals surface area contributed by atoms with Crippen molar-refractivity contribution in [1.29, 1.82) is 10.5 Å². The maximum atomic E-state index is 12.0. The number of nitriles is 2. The number of aromatic nitrogens is 2. The summed E-state index contributed by atoms with van der Waals surface area (Å²) < 4.78 is 11.0. The molecule has 0 amide bonds. The van der Waals surface area contributed by atoms with E-state index in [0.29, 0.717) is 32.7 Å². The molecule has 1 saturated heterocycles. The highest BCUT2D eigenvalue weighted by Crippen LogP contribution is 2.37. The number of carbonyl (C=O) groups excluding carboxylic acids is 1. The molecule has 0 spiro atoms. The lowest BCUT2D eigenvalue weighted by atomic mass is 9.97. The van der Waals surface area contributed by atoms with Crippen molar-refractivity contribution in [2.75, 3.05) is 25.5 Å². The summed E-state index contributed by atoms with van der Waals surface area (Å²) in [7, 11) is 0. The van der Waals surface area contributed by atoms with Gasteiger partial charge in [0.2, 0.25) is 0 Å². The van der Waals surface area contributed by atoms with Crippen molar-refractivity contribution in [1.82, 2.24) is 9.97 Å². The summed E-state index contributed by atoms with van der Waals surface area (Å²) in [4.78, 5) is 21.1. The SMILES string of the molecule is N#Cc1c(N)nc(SCc2csc(-c3ccc(Cl)cc3)n2)c(C#N)c1-c1ccc(OCCOC(=O)[C@@H]2CCC[NH2+]2)cc1. The van der Waals surface area contributed by atoms with Gasteiger partial charge in [0.05, 0.1) is 17.8 Å². The van der Waals surface area contributed by atoms with Gasteiger partial charge in [-0.3, -0.25) is 0 Å². The number of halogens is 1. The van der Waals surface area contributed by atoms with Crippen LogP contribution in [0, 0.1) is 22.7 Å². The molecule has 12 heteroatoms. The fourth-order valence-electron chi connectivity index (χ4n) is 4.55. The number of nitrogens with two attached hydrogens (primary N) is 2. The van der Waals surface area contributed by atoms with E-state index in [4.69, 9.17) is 31.8 Å². The second-order valence-electron chi connectivity index (χ2n) is 9.40. The smallest absolute Gasteiger partial charge is 0.364 e. The number of hydrogen-bond acceptors (Lipinski definition) is 10. The quantitative estimate of drug-likeness (QED) is 0.145. The molecule has 9 nitrogen and oxygen atoms in total. The summed E-state index contributed by atoms with van der Waals surface area (Å²) in [6.45, 7) is 1.32. The van der Waals surface area contributed by atoms with E-state index in [2.05, 4.69) is 17.1 Å². The number of anilines is 1. The zero-order chi connectivity index (χ0) is 29.5. The number of quaternary nitrogens is 1. The molecular formula is C30H26ClN6O3S2+. The van der Waals surface area contributed by atoms with E-state index in [-0.39, 0.29) is 42.2 Å². The number of rotatable bonds is 10. The minimum absolute atomic E-state index is 0.0516. The highest BCUT2D eigenvalue weighted by atomic mass is 35.5. The minimum Gasteiger partial charge on any atom is -0.490 e. The summed E-state index contributed by atoms with van der Waals surface area (Å²) in [6.07, 6.45) is 1.86. The second kappa shape index (κ2) is 13.7. The Balaban J connectivity index is 1.28. The monoisotopic (exact) mass is 617 g/mol. The maximum Gasteiger partial charge on any atom is 0.364 e. The van der Waals surface area contributed by atoms with Crippen LogP contribution in [0.2, 0.25) is 5.02 Å². The third kappa shape index (κ3) is 6.84. The van der Waals surface area contributed by atoms with Crippen molar-refractivity contribution in [3.8, 4) is 39.6 Å². The molecule has 1 aliphatic rings. The molecule has 3 heterocycles. The van der Waals surface area contributed by atoms with Gasteiger partial charge in [0.1, 0.15) is 52.5 Å². The predicted octanol–water partition coefficient (Wildman–Crippen LogP) is 4.79. The molecule has 1 aliphatic heterocycles. The van der Waals surface area contributed by atoms with Crippen LogP contribution in [0.1, 0.15) is 29.7 Å². The number of nitrogen functional groups attached to an aromatic ring is 1. The first-order chi connectivity index (χ1) is 20.5. The van der Waals surface area contributed by atoms with Gasteiger partial charge in [-0.25, -0.2) is 14.8 Å². The van der Waals surface area contributed by atoms with Crippen LogP contribution in [-0.4, -0.2) is 41.7 Å². The highest BCUT2D eigenvalue weighted by Gasteiger charge is 2.27. The first-order valence-corrected chi connectivity index (χ1v) is 15.4. The molecule has 0 unspecified atom stereocenters. The van der Waals surface area contributed by atoms with Crippen LogP contribution in [-0.2, 0) is 15.3 Å². The lowest BCUT2D eigenvalue weighted by Gasteiger charge is -2.13. The zero-order valence-electron chi connectivity index (χ0n) is 22.4. The van der Waals surface area contributed by atoms with Crippen molar-refractivity contribution >= 4 is 46.5 Å². The molecule has 4 N–H and O–H groups in total. The molecule has 0 radical (unpaired) electrons. The lowest BCUT2D eigenvalue weighted by Crippen LogP contribution is -2.88. The summed E-state index contributed by atoms with van der Waals surface area (Å²) in [6, 6.07) is 18.7. The Morgan fingerprint density at radius 1 is 1.07 bits per heavy atom. The molecule has 42 heavy (non-hydrogen) atoms. The van der Waals surface area contributed by atoms with Crippen LogP contribution < -0.4 is 15.8 Å². The highest BCUT2D eigenvalue weighted by molar-refractivity contribution is 7.98. The average molecular weight is 618 g/mol. The summed E-state index contributed by atoms with van der Waals surface area (Å²) in [5.41, 5.74) is 9.45. The largest absolute Gasteiger partial charge is 0.490 e. The van der Waals surface area contributed by atoms with Crippen LogP contribution in [0.25, 0.3) is 21.7 Å². The van der Waals surface area contributed by atoms with Gasteiger partial charge >= 0.3 is 5.97 Å². The lowest BCUT2D eigenvalue weighted by molar-refractivity contribution is -0.658. The number of esters is 1. The maximum absolute atomic E-state index is 12.0. The van der Waals surface area contributed by atoms with Crippen LogP contribution in [0.5, 0.6) is 5.75 Å². The molecule has 1 atom stereocenters. The van der Waals surface area contributed by atoms with E-state index in [0.717, 1.165) is 35.7 Å². The molecule has 2 aromatic heterocycles. The van der Waals surface area contributed by atoms with Crippen LogP contribution in [0.3, 0.4) is 0 Å². The molecule has 5 rings (SSSR count). The first kappa shape index (κ1) is 29.4. The summed E-state index contributed by atoms with van der Waals surface area (Å²) >= 11 is 8.85. The van der Waals surface area contributed by atoms with Gasteiger partial charge in [-0.05, 0) is 29.8 Å². The molecule has 212 valence electrons. The van der Waals surface area contributed by atoms with E-state index >= 15 is 0 Å². The number of pyridine rings is 1. The number of ether oxygens (including phenoxy) is 2. The van der Waals surface area contributed by atoms with E-state index in [1.807, 2.05) is 35.0 Å². The molecule has 0 saturated carbocycles. The topological polar surface area (TPSA) is 152 Å². The molecule has 4 aromatic rings. The Hall–Kier alpha value is -4.13. The van der Waals surface area contributed by atoms with Crippen molar-refractivity contribution in [3.63, 3.8) is 0 Å². The second-order valence-corrected chi connectivity index (χ2v) is 11.7. The molecule has 1 fully saturated rings. The van der Waals surface area contributed by atoms with Gasteiger partial charge in [0, 0.05) is 40.1 Å². The third-order valence-corrected chi connectivity index (χ3v) is 8.83. The van der Waals surface area contributed by atoms with Crippen LogP contribution >= 0.6 is 34.7 Å². The van der Waals surface area contributed by atoms with Crippen LogP contribution in [0.4, 0.5) is 5.82 Å². The van der Waals surface area contributed by atoms with Gasteiger partial charge in [0.25, 0.3) is 0 Å². The Labute approximate surface area is 256 Å². The average Bonchev–Trinajstić information content (AvgIpc) is 3.72. The third-order valence-electron chi connectivity index (χ3n) is 6.63. The van der Waals surface area contributed by atoms with Crippen molar-refractivity contribution in [2.24, 2.45) is 0 Å². The molecule has 2 aromatic carbocycles. The Kier molecular flexibility index (Phi) is 9.57. The van der Waals surface area contributed by atoms with E-state index < -0.39 is 0 Å². The Bertz CT molecular complexity index is 1660. The zero-order valence-corrected chi connectivity index (χ0v) is 24.8. The Morgan fingerprint density at radius 2 is 1.81 bits per heavy atom. The standard InChI is InChI=1S/C30H25ClN6O3S2/c31-20-7-3-19(4-8-20)28-36-21(16-41-28)17-42-29-24(15-33)26(23(14-32)27(34)37-29)18-5-9-22(10-6-18)39-12-13-40-30(38)25-2-1-11-35-25/h3-10,16,25,35H,1-2,11-13,17H2,(H2,34,37)/p+1/t25-/m0/s1. The number of carbonyl (C=O) groups is 1. The number of nitrogens with zero attached hydrogens (tertiary/aromatic N) is 4. The first-order valence-electron chi connectivity index (χ1n) is 13.2. The fraction of sp³-hybridized carbons (Fsp3) is 0.233. The summed E-state index contributed by atoms with van der Waals surface area (Å²) in [5, 5.41) is 25.9. The van der Waals surface area contributed by atoms with Gasteiger partial charge in [-0.2, -0.15) is 10.5 Å². The van der Waals surface area contributed by atoms with E-state index in [1.165, 1.54) is 23.1 Å². The van der Waals surface area contributed by atoms with Crippen molar-refractivity contribution in [2.45, 2.75) is 29.7 Å². The predicted molar refractivity (Wildman–Crippen MR) is 162 cm³/mol. The fourth-order valence-corrected chi connectivity index (χ4v) is 6.49.